The number of rotatable bonds is 4. The number of fused-ring (bicyclic) bond motifs is 1. The van der Waals surface area contributed by atoms with Crippen LogP contribution >= 0.6 is 0 Å². The molecule has 2 heterocycles. The average molecular weight is 382 g/mol. The number of carbonyl (C=O) groups excluding carboxylic acids is 1. The minimum absolute atomic E-state index is 0.307. The maximum Gasteiger partial charge on any atom is 0.243 e. The summed E-state index contributed by atoms with van der Waals surface area (Å²) in [6.07, 6.45) is 3.62. The molecule has 1 aromatic heterocycles. The Morgan fingerprint density at radius 1 is 0.889 bits per heavy atom. The number of carbonyl (C=O) groups is 1. The van der Waals surface area contributed by atoms with Gasteiger partial charge in [0.1, 0.15) is 0 Å². The van der Waals surface area contributed by atoms with Crippen molar-refractivity contribution < 1.29 is 13.2 Å². The predicted octanol–water partition coefficient (Wildman–Crippen LogP) is 1.95. The minimum atomic E-state index is -3.55. The van der Waals surface area contributed by atoms with Crippen LogP contribution in [0.5, 0.6) is 0 Å². The van der Waals surface area contributed by atoms with Gasteiger partial charge >= 0.3 is 0 Å². The second kappa shape index (κ2) is 7.05. The smallest absolute Gasteiger partial charge is 0.243 e. The van der Waals surface area contributed by atoms with Crippen LogP contribution in [0, 0.1) is 0 Å². The Balaban J connectivity index is 1.51. The Kier molecular flexibility index (Phi) is 4.59. The highest BCUT2D eigenvalue weighted by atomic mass is 32.2. The zero-order chi connectivity index (χ0) is 18.9. The van der Waals surface area contributed by atoms with Crippen molar-refractivity contribution in [3.05, 3.63) is 60.4 Å². The van der Waals surface area contributed by atoms with Gasteiger partial charge in [-0.05, 0) is 22.9 Å². The highest BCUT2D eigenvalue weighted by Gasteiger charge is 2.29. The van der Waals surface area contributed by atoms with Crippen LogP contribution < -0.4 is 4.90 Å². The third kappa shape index (κ3) is 3.41. The summed E-state index contributed by atoms with van der Waals surface area (Å²) in [5.74, 6) is 0.503. The van der Waals surface area contributed by atoms with Crippen LogP contribution in [-0.2, 0) is 10.0 Å². The lowest BCUT2D eigenvalue weighted by molar-refractivity contribution is 0.112. The first-order valence-electron chi connectivity index (χ1n) is 8.59. The minimum Gasteiger partial charge on any atom is -0.338 e. The van der Waals surface area contributed by atoms with Crippen molar-refractivity contribution in [1.82, 2.24) is 14.3 Å². The van der Waals surface area contributed by atoms with Crippen LogP contribution in [0.4, 0.5) is 5.95 Å². The zero-order valence-corrected chi connectivity index (χ0v) is 15.3. The number of aldehydes is 1. The van der Waals surface area contributed by atoms with E-state index in [1.54, 1.807) is 12.1 Å². The number of anilines is 1. The van der Waals surface area contributed by atoms with Gasteiger partial charge in [-0.2, -0.15) is 4.31 Å². The summed E-state index contributed by atoms with van der Waals surface area (Å²) in [6, 6.07) is 12.9. The van der Waals surface area contributed by atoms with Gasteiger partial charge in [-0.15, -0.1) is 0 Å². The number of hydrogen-bond acceptors (Lipinski definition) is 6. The van der Waals surface area contributed by atoms with Crippen LogP contribution in [-0.4, -0.2) is 55.2 Å². The molecule has 0 atom stereocenters. The highest BCUT2D eigenvalue weighted by Crippen LogP contribution is 2.23. The first-order chi connectivity index (χ1) is 13.1. The highest BCUT2D eigenvalue weighted by molar-refractivity contribution is 7.89. The summed E-state index contributed by atoms with van der Waals surface area (Å²) in [5.41, 5.74) is 0.413. The van der Waals surface area contributed by atoms with E-state index in [9.17, 15) is 13.2 Å². The Hall–Kier alpha value is -2.84. The maximum absolute atomic E-state index is 13.0. The van der Waals surface area contributed by atoms with E-state index in [-0.39, 0.29) is 0 Å². The fourth-order valence-electron chi connectivity index (χ4n) is 3.16. The molecule has 0 N–H and O–H groups in total. The first kappa shape index (κ1) is 17.6. The van der Waals surface area contributed by atoms with Crippen molar-refractivity contribution in [3.8, 4) is 0 Å². The molecule has 0 aliphatic carbocycles. The molecule has 138 valence electrons. The van der Waals surface area contributed by atoms with Crippen molar-refractivity contribution >= 4 is 33.0 Å². The fourth-order valence-corrected chi connectivity index (χ4v) is 4.62. The van der Waals surface area contributed by atoms with Gasteiger partial charge in [0, 0.05) is 38.6 Å². The van der Waals surface area contributed by atoms with Gasteiger partial charge in [0.15, 0.2) is 6.29 Å². The van der Waals surface area contributed by atoms with Crippen molar-refractivity contribution in [2.24, 2.45) is 0 Å². The molecule has 1 aliphatic rings. The maximum atomic E-state index is 13.0. The van der Waals surface area contributed by atoms with Crippen molar-refractivity contribution in [2.45, 2.75) is 4.90 Å². The Morgan fingerprint density at radius 3 is 2.22 bits per heavy atom. The molecule has 0 radical (unpaired) electrons. The lowest BCUT2D eigenvalue weighted by Gasteiger charge is -2.34. The number of hydrogen-bond donors (Lipinski definition) is 0. The van der Waals surface area contributed by atoms with Crippen molar-refractivity contribution in [1.29, 1.82) is 0 Å². The Bertz CT molecular complexity index is 1080. The second-order valence-corrected chi connectivity index (χ2v) is 8.27. The molecule has 0 spiro atoms. The molecule has 7 nitrogen and oxygen atoms in total. The number of piperazine rings is 1. The van der Waals surface area contributed by atoms with E-state index in [4.69, 9.17) is 0 Å². The Labute approximate surface area is 157 Å². The lowest BCUT2D eigenvalue weighted by atomic mass is 10.1. The topological polar surface area (TPSA) is 83.5 Å². The SMILES string of the molecule is O=Cc1cnc(N2CCN(S(=O)(=O)c3ccc4ccccc4c3)CC2)nc1. The number of benzene rings is 2. The quantitative estimate of drug-likeness (QED) is 0.642. The van der Waals surface area contributed by atoms with Gasteiger partial charge in [0.25, 0.3) is 0 Å². The van der Waals surface area contributed by atoms with E-state index in [2.05, 4.69) is 9.97 Å². The summed E-state index contributed by atoms with van der Waals surface area (Å²) in [4.78, 5) is 21.3. The molecule has 0 unspecified atom stereocenters. The molecule has 27 heavy (non-hydrogen) atoms. The molecule has 3 aromatic rings. The van der Waals surface area contributed by atoms with Gasteiger partial charge < -0.3 is 4.90 Å². The standard InChI is InChI=1S/C19H18N4O3S/c24-14-15-12-20-19(21-13-15)22-7-9-23(10-8-22)27(25,26)18-6-5-16-3-1-2-4-17(16)11-18/h1-6,11-14H,7-10H2. The molecule has 8 heteroatoms. The summed E-state index contributed by atoms with van der Waals surface area (Å²) in [7, 11) is -3.55. The third-order valence-corrected chi connectivity index (χ3v) is 6.57. The fraction of sp³-hybridized carbons (Fsp3) is 0.211. The van der Waals surface area contributed by atoms with E-state index >= 15 is 0 Å². The summed E-state index contributed by atoms with van der Waals surface area (Å²) < 4.78 is 27.5. The van der Waals surface area contributed by atoms with Crippen molar-refractivity contribution in [2.75, 3.05) is 31.1 Å². The molecule has 2 aromatic carbocycles. The van der Waals surface area contributed by atoms with Gasteiger partial charge in [0.05, 0.1) is 10.5 Å². The van der Waals surface area contributed by atoms with Crippen LogP contribution in [0.3, 0.4) is 0 Å². The van der Waals surface area contributed by atoms with E-state index < -0.39 is 10.0 Å². The molecular weight excluding hydrogens is 364 g/mol. The summed E-state index contributed by atoms with van der Waals surface area (Å²) in [6.45, 7) is 1.70. The molecule has 1 fully saturated rings. The monoisotopic (exact) mass is 382 g/mol. The van der Waals surface area contributed by atoms with Crippen LogP contribution in [0.15, 0.2) is 59.8 Å². The Morgan fingerprint density at radius 2 is 1.56 bits per heavy atom. The van der Waals surface area contributed by atoms with Gasteiger partial charge in [-0.25, -0.2) is 18.4 Å². The molecule has 4 rings (SSSR count). The second-order valence-electron chi connectivity index (χ2n) is 6.33. The predicted molar refractivity (Wildman–Crippen MR) is 102 cm³/mol. The average Bonchev–Trinajstić information content (AvgIpc) is 2.73. The van der Waals surface area contributed by atoms with E-state index in [0.717, 1.165) is 10.8 Å². The zero-order valence-electron chi connectivity index (χ0n) is 14.5. The molecule has 1 aliphatic heterocycles. The number of nitrogens with zero attached hydrogens (tertiary/aromatic N) is 4. The number of sulfonamides is 1. The summed E-state index contributed by atoms with van der Waals surface area (Å²) >= 11 is 0. The molecule has 1 saturated heterocycles. The lowest BCUT2D eigenvalue weighted by Crippen LogP contribution is -2.49. The normalized spacial score (nSPS) is 15.8. The molecule has 0 amide bonds. The van der Waals surface area contributed by atoms with Gasteiger partial charge in [0.2, 0.25) is 16.0 Å². The molecular formula is C19H18N4O3S. The van der Waals surface area contributed by atoms with Crippen molar-refractivity contribution in [3.63, 3.8) is 0 Å². The number of aromatic nitrogens is 2. The van der Waals surface area contributed by atoms with Crippen LogP contribution in [0.1, 0.15) is 10.4 Å². The summed E-state index contributed by atoms with van der Waals surface area (Å²) in [5, 5.41) is 1.91. The first-order valence-corrected chi connectivity index (χ1v) is 10.0. The van der Waals surface area contributed by atoms with Gasteiger partial charge in [-0.3, -0.25) is 4.79 Å². The van der Waals surface area contributed by atoms with Gasteiger partial charge in [-0.1, -0.05) is 30.3 Å². The third-order valence-electron chi connectivity index (χ3n) is 4.67. The van der Waals surface area contributed by atoms with Crippen LogP contribution in [0.25, 0.3) is 10.8 Å². The molecule has 0 bridgehead atoms. The largest absolute Gasteiger partial charge is 0.338 e. The molecule has 0 saturated carbocycles. The van der Waals surface area contributed by atoms with E-state index in [1.807, 2.05) is 35.2 Å². The van der Waals surface area contributed by atoms with E-state index in [1.165, 1.54) is 16.7 Å². The van der Waals surface area contributed by atoms with E-state index in [0.29, 0.717) is 48.9 Å². The van der Waals surface area contributed by atoms with Crippen LogP contribution in [0.2, 0.25) is 0 Å².